The molecule has 0 aliphatic carbocycles. The Bertz CT molecular complexity index is 498. The minimum atomic E-state index is -0.979. The van der Waals surface area contributed by atoms with Crippen LogP contribution < -0.4 is 24.4 Å². The van der Waals surface area contributed by atoms with Gasteiger partial charge >= 0.3 is 0 Å². The van der Waals surface area contributed by atoms with Gasteiger partial charge in [-0.3, -0.25) is 0 Å². The Morgan fingerprint density at radius 3 is 2.60 bits per heavy atom. The third kappa shape index (κ3) is 2.80. The summed E-state index contributed by atoms with van der Waals surface area (Å²) in [6, 6.07) is 5.96. The number of carboxylic acid groups (broad SMARTS) is 1. The molecule has 6 heteroatoms. The van der Waals surface area contributed by atoms with E-state index < -0.39 is 5.97 Å². The van der Waals surface area contributed by atoms with Gasteiger partial charge in [0.15, 0.2) is 11.5 Å². The molecule has 0 spiro atoms. The van der Waals surface area contributed by atoms with Gasteiger partial charge < -0.3 is 29.2 Å². The smallest absolute Gasteiger partial charge is 0.163 e. The molecule has 108 valence electrons. The van der Waals surface area contributed by atoms with Crippen molar-refractivity contribution in [3.8, 4) is 11.5 Å². The number of carbonyl (C=O) groups excluding carboxylic acids is 1. The fourth-order valence-electron chi connectivity index (χ4n) is 2.69. The van der Waals surface area contributed by atoms with E-state index in [4.69, 9.17) is 9.47 Å². The molecule has 0 bridgehead atoms. The van der Waals surface area contributed by atoms with Crippen molar-refractivity contribution in [1.29, 1.82) is 0 Å². The summed E-state index contributed by atoms with van der Waals surface area (Å²) in [5.74, 6) is 0.604. The van der Waals surface area contributed by atoms with E-state index in [-0.39, 0.29) is 6.54 Å². The highest BCUT2D eigenvalue weighted by Crippen LogP contribution is 2.33. The highest BCUT2D eigenvalue weighted by atomic mass is 16.6. The maximum absolute atomic E-state index is 10.6. The summed E-state index contributed by atoms with van der Waals surface area (Å²) in [4.78, 5) is 13.9. The van der Waals surface area contributed by atoms with Crippen molar-refractivity contribution in [2.75, 3.05) is 50.8 Å². The minimum Gasteiger partial charge on any atom is -0.544 e. The van der Waals surface area contributed by atoms with Gasteiger partial charge in [0.25, 0.3) is 0 Å². The van der Waals surface area contributed by atoms with Crippen LogP contribution in [0.2, 0.25) is 0 Å². The van der Waals surface area contributed by atoms with E-state index in [0.717, 1.165) is 48.3 Å². The summed E-state index contributed by atoms with van der Waals surface area (Å²) < 4.78 is 11.1. The summed E-state index contributed by atoms with van der Waals surface area (Å²) in [6.45, 7) is 4.56. The number of benzene rings is 1. The first-order chi connectivity index (χ1) is 9.72. The molecular formula is C14H18N2O4. The number of piperazine rings is 1. The van der Waals surface area contributed by atoms with Crippen LogP contribution in [0.25, 0.3) is 0 Å². The number of hydrogen-bond acceptors (Lipinski definition) is 5. The van der Waals surface area contributed by atoms with Crippen molar-refractivity contribution in [3.63, 3.8) is 0 Å². The maximum Gasteiger partial charge on any atom is 0.163 e. The quantitative estimate of drug-likeness (QED) is 0.687. The average molecular weight is 278 g/mol. The monoisotopic (exact) mass is 278 g/mol. The molecule has 0 radical (unpaired) electrons. The number of quaternary nitrogens is 1. The fraction of sp³-hybridized carbons (Fsp3) is 0.500. The first-order valence-corrected chi connectivity index (χ1v) is 6.90. The first-order valence-electron chi connectivity index (χ1n) is 6.90. The van der Waals surface area contributed by atoms with Crippen molar-refractivity contribution in [1.82, 2.24) is 0 Å². The summed E-state index contributed by atoms with van der Waals surface area (Å²) in [6.07, 6.45) is 0. The van der Waals surface area contributed by atoms with E-state index in [1.165, 1.54) is 0 Å². The van der Waals surface area contributed by atoms with Crippen molar-refractivity contribution in [2.24, 2.45) is 0 Å². The Labute approximate surface area is 117 Å². The van der Waals surface area contributed by atoms with E-state index in [1.807, 2.05) is 18.2 Å². The van der Waals surface area contributed by atoms with Gasteiger partial charge in [0.2, 0.25) is 0 Å². The van der Waals surface area contributed by atoms with E-state index in [2.05, 4.69) is 4.90 Å². The predicted octanol–water partition coefficient (Wildman–Crippen LogP) is -2.09. The van der Waals surface area contributed by atoms with Crippen LogP contribution in [0, 0.1) is 0 Å². The lowest BCUT2D eigenvalue weighted by atomic mass is 10.2. The molecule has 1 N–H and O–H groups in total. The van der Waals surface area contributed by atoms with Gasteiger partial charge in [-0.2, -0.15) is 0 Å². The van der Waals surface area contributed by atoms with Crippen LogP contribution in [0.5, 0.6) is 11.5 Å². The molecule has 2 aliphatic heterocycles. The summed E-state index contributed by atoms with van der Waals surface area (Å²) in [5, 5.41) is 10.6. The van der Waals surface area contributed by atoms with E-state index in [1.54, 1.807) is 0 Å². The standard InChI is InChI=1S/C14H18N2O4/c17-14(18)10-15-3-5-16(6-4-15)11-1-2-12-13(9-11)20-8-7-19-12/h1-2,9H,3-8,10H2,(H,17,18). The zero-order chi connectivity index (χ0) is 13.9. The number of nitrogens with one attached hydrogen (secondary N) is 1. The molecule has 0 saturated carbocycles. The zero-order valence-electron chi connectivity index (χ0n) is 11.3. The third-order valence-electron chi connectivity index (χ3n) is 3.76. The van der Waals surface area contributed by atoms with Crippen molar-refractivity contribution in [2.45, 2.75) is 0 Å². The van der Waals surface area contributed by atoms with Gasteiger partial charge in [0.05, 0.1) is 32.1 Å². The number of hydrogen-bond donors (Lipinski definition) is 1. The summed E-state index contributed by atoms with van der Waals surface area (Å²) in [7, 11) is 0. The van der Waals surface area contributed by atoms with E-state index >= 15 is 0 Å². The Morgan fingerprint density at radius 1 is 1.20 bits per heavy atom. The van der Waals surface area contributed by atoms with Crippen LogP contribution in [-0.2, 0) is 4.79 Å². The second-order valence-electron chi connectivity index (χ2n) is 5.11. The van der Waals surface area contributed by atoms with Crippen molar-refractivity contribution < 1.29 is 24.3 Å². The Hall–Kier alpha value is -1.95. The average Bonchev–Trinajstić information content (AvgIpc) is 2.47. The lowest BCUT2D eigenvalue weighted by Gasteiger charge is -2.34. The van der Waals surface area contributed by atoms with Crippen LogP contribution >= 0.6 is 0 Å². The molecule has 2 heterocycles. The Kier molecular flexibility index (Phi) is 3.64. The fourth-order valence-corrected chi connectivity index (χ4v) is 2.69. The molecule has 1 fully saturated rings. The molecule has 0 unspecified atom stereocenters. The minimum absolute atomic E-state index is 0.0922. The second kappa shape index (κ2) is 5.58. The van der Waals surface area contributed by atoms with E-state index in [9.17, 15) is 9.90 Å². The Balaban J connectivity index is 1.64. The first kappa shape index (κ1) is 13.1. The molecule has 1 aromatic carbocycles. The van der Waals surface area contributed by atoms with Gasteiger partial charge in [-0.05, 0) is 12.1 Å². The third-order valence-corrected chi connectivity index (χ3v) is 3.76. The number of nitrogens with zero attached hydrogens (tertiary/aromatic N) is 1. The Morgan fingerprint density at radius 2 is 1.90 bits per heavy atom. The second-order valence-corrected chi connectivity index (χ2v) is 5.11. The van der Waals surface area contributed by atoms with Crippen molar-refractivity contribution in [3.05, 3.63) is 18.2 Å². The number of carbonyl (C=O) groups is 1. The van der Waals surface area contributed by atoms with Gasteiger partial charge in [0, 0.05) is 11.8 Å². The largest absolute Gasteiger partial charge is 0.544 e. The molecule has 6 nitrogen and oxygen atoms in total. The van der Waals surface area contributed by atoms with Crippen LogP contribution in [0.1, 0.15) is 0 Å². The summed E-state index contributed by atoms with van der Waals surface area (Å²) >= 11 is 0. The lowest BCUT2D eigenvalue weighted by Crippen LogP contribution is -3.16. The van der Waals surface area contributed by atoms with Gasteiger partial charge in [-0.15, -0.1) is 0 Å². The molecule has 0 amide bonds. The molecule has 3 rings (SSSR count). The maximum atomic E-state index is 10.6. The number of aliphatic carboxylic acids is 1. The van der Waals surface area contributed by atoms with Crippen LogP contribution in [-0.4, -0.2) is 51.9 Å². The van der Waals surface area contributed by atoms with E-state index in [0.29, 0.717) is 13.2 Å². The number of fused-ring (bicyclic) bond motifs is 1. The zero-order valence-corrected chi connectivity index (χ0v) is 11.3. The van der Waals surface area contributed by atoms with Crippen molar-refractivity contribution >= 4 is 11.7 Å². The number of anilines is 1. The van der Waals surface area contributed by atoms with Crippen LogP contribution in [0.15, 0.2) is 18.2 Å². The highest BCUT2D eigenvalue weighted by molar-refractivity contribution is 5.65. The van der Waals surface area contributed by atoms with Crippen LogP contribution in [0.3, 0.4) is 0 Å². The lowest BCUT2D eigenvalue weighted by molar-refractivity contribution is -0.894. The van der Waals surface area contributed by atoms with Gasteiger partial charge in [0.1, 0.15) is 19.8 Å². The topological polar surface area (TPSA) is 66.3 Å². The van der Waals surface area contributed by atoms with Gasteiger partial charge in [-0.1, -0.05) is 0 Å². The molecule has 2 aliphatic rings. The molecular weight excluding hydrogens is 260 g/mol. The highest BCUT2D eigenvalue weighted by Gasteiger charge is 2.21. The number of carboxylic acids is 1. The number of rotatable bonds is 3. The molecule has 0 atom stereocenters. The molecule has 0 aromatic heterocycles. The molecule has 1 saturated heterocycles. The molecule has 20 heavy (non-hydrogen) atoms. The molecule has 1 aromatic rings. The van der Waals surface area contributed by atoms with Crippen LogP contribution in [0.4, 0.5) is 5.69 Å². The number of ether oxygens (including phenoxy) is 2. The normalized spacial score (nSPS) is 18.9. The van der Waals surface area contributed by atoms with Gasteiger partial charge in [-0.25, -0.2) is 0 Å². The SMILES string of the molecule is O=C([O-])C[NH+]1CCN(c2ccc3c(c2)OCCO3)CC1. The summed E-state index contributed by atoms with van der Waals surface area (Å²) in [5.41, 5.74) is 1.10. The predicted molar refractivity (Wildman–Crippen MR) is 70.2 cm³/mol.